The van der Waals surface area contributed by atoms with Gasteiger partial charge in [-0.05, 0) is 23.6 Å². The lowest BCUT2D eigenvalue weighted by Crippen LogP contribution is -2.14. The molecule has 0 atom stereocenters. The van der Waals surface area contributed by atoms with Gasteiger partial charge in [-0.25, -0.2) is 0 Å². The number of halogens is 1. The molecule has 1 aliphatic rings. The molecule has 0 bridgehead atoms. The first-order valence-corrected chi connectivity index (χ1v) is 9.49. The van der Waals surface area contributed by atoms with Gasteiger partial charge in [-0.2, -0.15) is 4.98 Å². The minimum Gasteiger partial charge on any atom is -0.467 e. The summed E-state index contributed by atoms with van der Waals surface area (Å²) in [6.45, 7) is 0.659. The van der Waals surface area contributed by atoms with E-state index in [4.69, 9.17) is 30.3 Å². The number of rotatable bonds is 6. The van der Waals surface area contributed by atoms with Crippen molar-refractivity contribution in [3.05, 3.63) is 51.7 Å². The van der Waals surface area contributed by atoms with Gasteiger partial charge in [-0.3, -0.25) is 4.79 Å². The average molecular weight is 407 g/mol. The Labute approximate surface area is 163 Å². The third-order valence-corrected chi connectivity index (χ3v) is 4.98. The van der Waals surface area contributed by atoms with E-state index in [1.54, 1.807) is 12.1 Å². The van der Waals surface area contributed by atoms with Crippen LogP contribution in [0.3, 0.4) is 0 Å². The fourth-order valence-electron chi connectivity index (χ4n) is 2.67. The second-order valence-corrected chi connectivity index (χ2v) is 7.20. The van der Waals surface area contributed by atoms with Crippen LogP contribution in [0.4, 0.5) is 0 Å². The van der Waals surface area contributed by atoms with E-state index in [2.05, 4.69) is 10.1 Å². The minimum atomic E-state index is -0.369. The van der Waals surface area contributed by atoms with E-state index >= 15 is 0 Å². The molecule has 0 saturated heterocycles. The first kappa shape index (κ1) is 18.0. The number of aromatic nitrogens is 2. The van der Waals surface area contributed by atoms with Crippen molar-refractivity contribution in [3.63, 3.8) is 0 Å². The Morgan fingerprint density at radius 2 is 2.30 bits per heavy atom. The molecule has 1 aliphatic heterocycles. The summed E-state index contributed by atoms with van der Waals surface area (Å²) in [5, 5.41) is 6.40. The number of nitrogens with zero attached hydrogens (tertiary/aromatic N) is 2. The lowest BCUT2D eigenvalue weighted by atomic mass is 10.1. The molecule has 140 valence electrons. The molecule has 1 aromatic carbocycles. The van der Waals surface area contributed by atoms with Gasteiger partial charge in [0.1, 0.15) is 12.4 Å². The maximum Gasteiger partial charge on any atom is 0.306 e. The normalized spacial score (nSPS) is 13.1. The molecule has 0 amide bonds. The number of thiophene rings is 1. The number of ether oxygens (including phenoxy) is 3. The van der Waals surface area contributed by atoms with Crippen molar-refractivity contribution in [1.29, 1.82) is 0 Å². The van der Waals surface area contributed by atoms with Gasteiger partial charge in [0.05, 0.1) is 17.9 Å². The van der Waals surface area contributed by atoms with Crippen LogP contribution in [0.15, 0.2) is 34.2 Å². The van der Waals surface area contributed by atoms with E-state index in [-0.39, 0.29) is 25.8 Å². The third-order valence-electron chi connectivity index (χ3n) is 3.89. The Morgan fingerprint density at radius 1 is 1.37 bits per heavy atom. The fourth-order valence-corrected chi connectivity index (χ4v) is 3.58. The van der Waals surface area contributed by atoms with Crippen LogP contribution < -0.4 is 4.74 Å². The van der Waals surface area contributed by atoms with Gasteiger partial charge in [0, 0.05) is 22.6 Å². The van der Waals surface area contributed by atoms with Gasteiger partial charge in [0.25, 0.3) is 0 Å². The van der Waals surface area contributed by atoms with Crippen LogP contribution in [0.25, 0.3) is 10.7 Å². The highest BCUT2D eigenvalue weighted by molar-refractivity contribution is 7.13. The molecular weight excluding hydrogens is 392 g/mol. The van der Waals surface area contributed by atoms with Crippen molar-refractivity contribution < 1.29 is 23.5 Å². The number of hydrogen-bond donors (Lipinski definition) is 0. The number of benzene rings is 1. The monoisotopic (exact) mass is 406 g/mol. The van der Waals surface area contributed by atoms with Crippen molar-refractivity contribution >= 4 is 28.9 Å². The third kappa shape index (κ3) is 4.29. The van der Waals surface area contributed by atoms with Gasteiger partial charge in [0.2, 0.25) is 11.7 Å². The van der Waals surface area contributed by atoms with Gasteiger partial charge in [-0.15, -0.1) is 11.3 Å². The number of fused-ring (bicyclic) bond motifs is 1. The SMILES string of the molecule is O=C(CCc1nc(-c2cccs2)no1)OCc1cc(Cl)cc2c1OCOC2. The summed E-state index contributed by atoms with van der Waals surface area (Å²) in [5.41, 5.74) is 1.55. The van der Waals surface area contributed by atoms with Crippen molar-refractivity contribution in [2.24, 2.45) is 0 Å². The second-order valence-electron chi connectivity index (χ2n) is 5.81. The van der Waals surface area contributed by atoms with Crippen LogP contribution in [-0.2, 0) is 33.9 Å². The zero-order chi connectivity index (χ0) is 18.6. The Morgan fingerprint density at radius 3 is 3.15 bits per heavy atom. The topological polar surface area (TPSA) is 83.7 Å². The van der Waals surface area contributed by atoms with Crippen molar-refractivity contribution in [1.82, 2.24) is 10.1 Å². The highest BCUT2D eigenvalue weighted by atomic mass is 35.5. The quantitative estimate of drug-likeness (QED) is 0.572. The van der Waals surface area contributed by atoms with E-state index < -0.39 is 0 Å². The number of aryl methyl sites for hydroxylation is 1. The van der Waals surface area contributed by atoms with Gasteiger partial charge >= 0.3 is 5.97 Å². The standard InChI is InChI=1S/C18H15ClN2O5S/c19-13-6-11-8-23-10-25-17(11)12(7-13)9-24-16(22)4-3-15-20-18(21-26-15)14-2-1-5-27-14/h1-2,5-7H,3-4,8-10H2. The summed E-state index contributed by atoms with van der Waals surface area (Å²) in [7, 11) is 0. The summed E-state index contributed by atoms with van der Waals surface area (Å²) in [5.74, 6) is 1.22. The van der Waals surface area contributed by atoms with Crippen LogP contribution in [0, 0.1) is 0 Å². The van der Waals surface area contributed by atoms with E-state index in [0.717, 1.165) is 10.4 Å². The molecule has 3 heterocycles. The number of carbonyl (C=O) groups is 1. The lowest BCUT2D eigenvalue weighted by molar-refractivity contribution is -0.145. The smallest absolute Gasteiger partial charge is 0.306 e. The maximum absolute atomic E-state index is 12.1. The average Bonchev–Trinajstić information content (AvgIpc) is 3.35. The molecule has 0 saturated carbocycles. The van der Waals surface area contributed by atoms with E-state index in [9.17, 15) is 4.79 Å². The van der Waals surface area contributed by atoms with Gasteiger partial charge in [-0.1, -0.05) is 22.8 Å². The first-order valence-electron chi connectivity index (χ1n) is 8.23. The maximum atomic E-state index is 12.1. The van der Waals surface area contributed by atoms with Crippen LogP contribution in [-0.4, -0.2) is 22.9 Å². The summed E-state index contributed by atoms with van der Waals surface area (Å²) < 4.78 is 21.3. The molecule has 4 rings (SSSR count). The number of hydrogen-bond acceptors (Lipinski definition) is 8. The molecule has 27 heavy (non-hydrogen) atoms. The van der Waals surface area contributed by atoms with Crippen LogP contribution >= 0.6 is 22.9 Å². The van der Waals surface area contributed by atoms with Crippen molar-refractivity contribution in [3.8, 4) is 16.5 Å². The van der Waals surface area contributed by atoms with Gasteiger partial charge < -0.3 is 18.7 Å². The number of esters is 1. The van der Waals surface area contributed by atoms with Gasteiger partial charge in [0.15, 0.2) is 6.79 Å². The minimum absolute atomic E-state index is 0.0754. The zero-order valence-electron chi connectivity index (χ0n) is 14.1. The van der Waals surface area contributed by atoms with Crippen molar-refractivity contribution in [2.45, 2.75) is 26.1 Å². The van der Waals surface area contributed by atoms with E-state index in [1.165, 1.54) is 11.3 Å². The molecule has 0 spiro atoms. The van der Waals surface area contributed by atoms with E-state index in [0.29, 0.717) is 41.1 Å². The lowest BCUT2D eigenvalue weighted by Gasteiger charge is -2.21. The Balaban J connectivity index is 1.32. The summed E-state index contributed by atoms with van der Waals surface area (Å²) in [6.07, 6.45) is 0.452. The number of carbonyl (C=O) groups excluding carboxylic acids is 1. The molecule has 0 radical (unpaired) electrons. The Kier molecular flexibility index (Phi) is 5.38. The summed E-state index contributed by atoms with van der Waals surface area (Å²) in [4.78, 5) is 17.3. The van der Waals surface area contributed by atoms with E-state index in [1.807, 2.05) is 17.5 Å². The highest BCUT2D eigenvalue weighted by Gasteiger charge is 2.18. The Bertz CT molecular complexity index is 941. The predicted molar refractivity (Wildman–Crippen MR) is 97.5 cm³/mol. The first-order chi connectivity index (χ1) is 13.2. The molecule has 3 aromatic rings. The molecular formula is C18H15ClN2O5S. The molecule has 0 N–H and O–H groups in total. The van der Waals surface area contributed by atoms with Crippen LogP contribution in [0.2, 0.25) is 5.02 Å². The largest absolute Gasteiger partial charge is 0.467 e. The fraction of sp³-hybridized carbons (Fsp3) is 0.278. The highest BCUT2D eigenvalue weighted by Crippen LogP contribution is 2.32. The predicted octanol–water partition coefficient (Wildman–Crippen LogP) is 3.99. The second kappa shape index (κ2) is 8.08. The Hall–Kier alpha value is -2.42. The summed E-state index contributed by atoms with van der Waals surface area (Å²) in [6, 6.07) is 7.33. The molecule has 0 fully saturated rings. The van der Waals surface area contributed by atoms with Crippen molar-refractivity contribution in [2.75, 3.05) is 6.79 Å². The molecule has 0 aliphatic carbocycles. The molecule has 9 heteroatoms. The zero-order valence-corrected chi connectivity index (χ0v) is 15.7. The molecule has 0 unspecified atom stereocenters. The molecule has 2 aromatic heterocycles. The van der Waals surface area contributed by atoms with Crippen LogP contribution in [0.1, 0.15) is 23.4 Å². The molecule has 7 nitrogen and oxygen atoms in total. The van der Waals surface area contributed by atoms with Crippen LogP contribution in [0.5, 0.6) is 5.75 Å². The summed E-state index contributed by atoms with van der Waals surface area (Å²) >= 11 is 7.63.